The Morgan fingerprint density at radius 1 is 1.08 bits per heavy atom. The number of rotatable bonds is 6. The van der Waals surface area contributed by atoms with E-state index < -0.39 is 0 Å². The number of hydrogen-bond acceptors (Lipinski definition) is 7. The maximum Gasteiger partial charge on any atom is 0.232 e. The lowest BCUT2D eigenvalue weighted by Crippen LogP contribution is -2.21. The van der Waals surface area contributed by atoms with Crippen LogP contribution < -0.4 is 14.2 Å². The van der Waals surface area contributed by atoms with Gasteiger partial charge in [-0.2, -0.15) is 4.98 Å². The molecule has 0 radical (unpaired) electrons. The fraction of sp³-hybridized carbons (Fsp3) is 0.556. The van der Waals surface area contributed by atoms with Crippen LogP contribution in [-0.2, 0) is 4.74 Å². The van der Waals surface area contributed by atoms with E-state index >= 15 is 0 Å². The average molecular weight is 348 g/mol. The van der Waals surface area contributed by atoms with Crippen LogP contribution in [0, 0.1) is 5.92 Å². The van der Waals surface area contributed by atoms with E-state index in [1.165, 1.54) is 0 Å². The summed E-state index contributed by atoms with van der Waals surface area (Å²) in [6.45, 7) is 4.99. The zero-order chi connectivity index (χ0) is 18.0. The van der Waals surface area contributed by atoms with Gasteiger partial charge in [0.25, 0.3) is 0 Å². The van der Waals surface area contributed by atoms with Gasteiger partial charge in [-0.05, 0) is 24.5 Å². The Bertz CT molecular complexity index is 703. The van der Waals surface area contributed by atoms with Crippen molar-refractivity contribution in [2.24, 2.45) is 5.92 Å². The van der Waals surface area contributed by atoms with Gasteiger partial charge in [-0.3, -0.25) is 0 Å². The van der Waals surface area contributed by atoms with Gasteiger partial charge in [0.2, 0.25) is 17.5 Å². The molecule has 2 unspecified atom stereocenters. The predicted octanol–water partition coefficient (Wildman–Crippen LogP) is 3.29. The Kier molecular flexibility index (Phi) is 5.13. The Labute approximate surface area is 147 Å². The Morgan fingerprint density at radius 2 is 1.76 bits per heavy atom. The molecule has 1 aromatic heterocycles. The van der Waals surface area contributed by atoms with Crippen LogP contribution in [0.4, 0.5) is 0 Å². The molecule has 0 aliphatic carbocycles. The highest BCUT2D eigenvalue weighted by atomic mass is 16.5. The molecule has 0 bridgehead atoms. The van der Waals surface area contributed by atoms with Crippen LogP contribution in [0.15, 0.2) is 16.7 Å². The molecule has 136 valence electrons. The molecule has 2 heterocycles. The molecule has 1 saturated heterocycles. The van der Waals surface area contributed by atoms with Crippen LogP contribution in [0.3, 0.4) is 0 Å². The van der Waals surface area contributed by atoms with E-state index in [0.717, 1.165) is 18.6 Å². The largest absolute Gasteiger partial charge is 0.493 e. The summed E-state index contributed by atoms with van der Waals surface area (Å²) in [5.74, 6) is 3.25. The highest BCUT2D eigenvalue weighted by Crippen LogP contribution is 2.41. The molecule has 7 nitrogen and oxygen atoms in total. The lowest BCUT2D eigenvalue weighted by atomic mass is 9.93. The molecule has 0 spiro atoms. The van der Waals surface area contributed by atoms with E-state index in [9.17, 15) is 0 Å². The third-order valence-electron chi connectivity index (χ3n) is 4.47. The van der Waals surface area contributed by atoms with Crippen LogP contribution in [0.1, 0.15) is 32.1 Å². The molecular formula is C18H24N2O5. The monoisotopic (exact) mass is 348 g/mol. The molecule has 2 atom stereocenters. The molecule has 1 aliphatic heterocycles. The second kappa shape index (κ2) is 7.31. The zero-order valence-electron chi connectivity index (χ0n) is 15.2. The summed E-state index contributed by atoms with van der Waals surface area (Å²) in [7, 11) is 4.72. The molecule has 2 aromatic rings. The van der Waals surface area contributed by atoms with Crippen LogP contribution in [0.5, 0.6) is 17.2 Å². The van der Waals surface area contributed by atoms with Crippen molar-refractivity contribution < 1.29 is 23.5 Å². The molecule has 3 rings (SSSR count). The van der Waals surface area contributed by atoms with Gasteiger partial charge in [-0.1, -0.05) is 19.0 Å². The van der Waals surface area contributed by atoms with Crippen LogP contribution in [-0.4, -0.2) is 44.2 Å². The molecule has 0 amide bonds. The summed E-state index contributed by atoms with van der Waals surface area (Å²) in [6.07, 6.45) is 0.993. The highest BCUT2D eigenvalue weighted by molar-refractivity contribution is 5.66. The van der Waals surface area contributed by atoms with Gasteiger partial charge in [0.15, 0.2) is 11.5 Å². The van der Waals surface area contributed by atoms with Crippen molar-refractivity contribution in [3.63, 3.8) is 0 Å². The number of methoxy groups -OCH3 is 3. The first-order valence-electron chi connectivity index (χ1n) is 8.34. The van der Waals surface area contributed by atoms with E-state index in [0.29, 0.717) is 34.9 Å². The summed E-state index contributed by atoms with van der Waals surface area (Å²) in [4.78, 5) is 4.59. The minimum Gasteiger partial charge on any atom is -0.493 e. The summed E-state index contributed by atoms with van der Waals surface area (Å²) >= 11 is 0. The fourth-order valence-corrected chi connectivity index (χ4v) is 3.25. The van der Waals surface area contributed by atoms with Gasteiger partial charge in [-0.25, -0.2) is 0 Å². The first-order chi connectivity index (χ1) is 12.1. The fourth-order valence-electron chi connectivity index (χ4n) is 3.25. The first-order valence-corrected chi connectivity index (χ1v) is 8.34. The maximum absolute atomic E-state index is 5.82. The minimum atomic E-state index is 0.105. The van der Waals surface area contributed by atoms with Gasteiger partial charge >= 0.3 is 0 Å². The summed E-state index contributed by atoms with van der Waals surface area (Å²) < 4.78 is 27.5. The Morgan fingerprint density at radius 3 is 2.32 bits per heavy atom. The number of hydrogen-bond donors (Lipinski definition) is 0. The number of nitrogens with zero attached hydrogens (tertiary/aromatic N) is 2. The SMILES string of the molecule is COc1cc(-c2noc(C3CCOC3C(C)C)n2)cc(OC)c1OC. The number of benzene rings is 1. The third-order valence-corrected chi connectivity index (χ3v) is 4.47. The van der Waals surface area contributed by atoms with Gasteiger partial charge in [0.1, 0.15) is 0 Å². The average Bonchev–Trinajstić information content (AvgIpc) is 3.28. The number of aromatic nitrogens is 2. The Hall–Kier alpha value is -2.28. The second-order valence-electron chi connectivity index (χ2n) is 6.34. The van der Waals surface area contributed by atoms with Crippen molar-refractivity contribution >= 4 is 0 Å². The van der Waals surface area contributed by atoms with Gasteiger partial charge in [0.05, 0.1) is 33.4 Å². The topological polar surface area (TPSA) is 75.8 Å². The van der Waals surface area contributed by atoms with Crippen molar-refractivity contribution in [2.75, 3.05) is 27.9 Å². The van der Waals surface area contributed by atoms with E-state index in [1.54, 1.807) is 33.5 Å². The lowest BCUT2D eigenvalue weighted by molar-refractivity contribution is 0.0627. The molecule has 1 fully saturated rings. The van der Waals surface area contributed by atoms with Crippen LogP contribution >= 0.6 is 0 Å². The van der Waals surface area contributed by atoms with E-state index in [4.69, 9.17) is 23.5 Å². The predicted molar refractivity (Wildman–Crippen MR) is 91.3 cm³/mol. The maximum atomic E-state index is 5.82. The molecule has 25 heavy (non-hydrogen) atoms. The van der Waals surface area contributed by atoms with Crippen molar-refractivity contribution in [3.05, 3.63) is 18.0 Å². The second-order valence-corrected chi connectivity index (χ2v) is 6.34. The molecular weight excluding hydrogens is 324 g/mol. The van der Waals surface area contributed by atoms with Crippen molar-refractivity contribution in [1.29, 1.82) is 0 Å². The molecule has 0 N–H and O–H groups in total. The van der Waals surface area contributed by atoms with E-state index in [-0.39, 0.29) is 12.0 Å². The normalized spacial score (nSPS) is 20.1. The van der Waals surface area contributed by atoms with Crippen molar-refractivity contribution in [2.45, 2.75) is 32.3 Å². The molecule has 0 saturated carbocycles. The third kappa shape index (κ3) is 3.28. The molecule has 1 aromatic carbocycles. The quantitative estimate of drug-likeness (QED) is 0.793. The minimum absolute atomic E-state index is 0.105. The van der Waals surface area contributed by atoms with Gasteiger partial charge in [0, 0.05) is 12.2 Å². The standard InChI is InChI=1S/C18H24N2O5/c1-10(2)15-12(6-7-24-15)18-19-17(20-25-18)11-8-13(21-3)16(23-5)14(9-11)22-4/h8-10,12,15H,6-7H2,1-5H3. The summed E-state index contributed by atoms with van der Waals surface area (Å²) in [5.41, 5.74) is 0.740. The highest BCUT2D eigenvalue weighted by Gasteiger charge is 2.36. The molecule has 7 heteroatoms. The zero-order valence-corrected chi connectivity index (χ0v) is 15.2. The van der Waals surface area contributed by atoms with Crippen LogP contribution in [0.25, 0.3) is 11.4 Å². The first kappa shape index (κ1) is 17.5. The van der Waals surface area contributed by atoms with E-state index in [1.807, 2.05) is 0 Å². The van der Waals surface area contributed by atoms with Crippen molar-refractivity contribution in [1.82, 2.24) is 10.1 Å². The smallest absolute Gasteiger partial charge is 0.232 e. The lowest BCUT2D eigenvalue weighted by Gasteiger charge is -2.18. The number of ether oxygens (including phenoxy) is 4. The van der Waals surface area contributed by atoms with E-state index in [2.05, 4.69) is 24.0 Å². The Balaban J connectivity index is 1.95. The summed E-state index contributed by atoms with van der Waals surface area (Å²) in [5, 5.41) is 4.14. The van der Waals surface area contributed by atoms with Crippen LogP contribution in [0.2, 0.25) is 0 Å². The molecule has 1 aliphatic rings. The van der Waals surface area contributed by atoms with Gasteiger partial charge in [-0.15, -0.1) is 0 Å². The summed E-state index contributed by atoms with van der Waals surface area (Å²) in [6, 6.07) is 3.61. The van der Waals surface area contributed by atoms with Crippen molar-refractivity contribution in [3.8, 4) is 28.6 Å². The van der Waals surface area contributed by atoms with Gasteiger partial charge < -0.3 is 23.5 Å².